The van der Waals surface area contributed by atoms with Crippen molar-refractivity contribution in [3.63, 3.8) is 0 Å². The molecule has 0 fully saturated rings. The molecule has 2 nitrogen and oxygen atoms in total. The molecule has 0 heterocycles. The highest BCUT2D eigenvalue weighted by Gasteiger charge is 2.09. The van der Waals surface area contributed by atoms with Gasteiger partial charge in [-0.05, 0) is 43.0 Å². The number of methoxy groups -OCH3 is 1. The van der Waals surface area contributed by atoms with Crippen LogP contribution in [-0.2, 0) is 11.2 Å². The first-order valence-corrected chi connectivity index (χ1v) is 6.58. The van der Waals surface area contributed by atoms with Crippen LogP contribution in [0.5, 0.6) is 0 Å². The first-order valence-electron chi connectivity index (χ1n) is 6.20. The molecular formula is C14H22ClNO. The van der Waals surface area contributed by atoms with Crippen LogP contribution in [0.1, 0.15) is 18.9 Å². The third-order valence-electron chi connectivity index (χ3n) is 2.68. The molecular weight excluding hydrogens is 234 g/mol. The summed E-state index contributed by atoms with van der Waals surface area (Å²) in [5.74, 6) is 0.505. The van der Waals surface area contributed by atoms with Crippen LogP contribution in [0.2, 0.25) is 5.02 Å². The Balaban J connectivity index is 2.47. The van der Waals surface area contributed by atoms with Gasteiger partial charge in [-0.15, -0.1) is 0 Å². The molecule has 1 aromatic rings. The fraction of sp³-hybridized carbons (Fsp3) is 0.571. The summed E-state index contributed by atoms with van der Waals surface area (Å²) in [5.41, 5.74) is 1.28. The number of rotatable bonds is 8. The van der Waals surface area contributed by atoms with Gasteiger partial charge in [0.15, 0.2) is 0 Å². The molecule has 1 rings (SSSR count). The molecule has 3 heteroatoms. The van der Waals surface area contributed by atoms with Crippen molar-refractivity contribution in [2.45, 2.75) is 19.8 Å². The standard InChI is InChI=1S/C14H22ClNO/c1-3-7-16-10-13(11-17-2)8-12-5-4-6-14(15)9-12/h4-6,9,13,16H,3,7-8,10-11H2,1-2H3. The summed E-state index contributed by atoms with van der Waals surface area (Å²) in [5, 5.41) is 4.25. The van der Waals surface area contributed by atoms with Crippen molar-refractivity contribution in [1.82, 2.24) is 5.32 Å². The van der Waals surface area contributed by atoms with Gasteiger partial charge in [-0.3, -0.25) is 0 Å². The van der Waals surface area contributed by atoms with Gasteiger partial charge in [0.2, 0.25) is 0 Å². The quantitative estimate of drug-likeness (QED) is 0.721. The fourth-order valence-corrected chi connectivity index (χ4v) is 2.12. The summed E-state index contributed by atoms with van der Waals surface area (Å²) in [6.07, 6.45) is 2.17. The zero-order chi connectivity index (χ0) is 12.5. The van der Waals surface area contributed by atoms with E-state index in [4.69, 9.17) is 16.3 Å². The van der Waals surface area contributed by atoms with Crippen molar-refractivity contribution in [2.24, 2.45) is 5.92 Å². The van der Waals surface area contributed by atoms with Crippen molar-refractivity contribution in [3.05, 3.63) is 34.9 Å². The molecule has 0 saturated heterocycles. The monoisotopic (exact) mass is 255 g/mol. The van der Waals surface area contributed by atoms with Crippen LogP contribution in [0.4, 0.5) is 0 Å². The number of halogens is 1. The molecule has 0 bridgehead atoms. The lowest BCUT2D eigenvalue weighted by Gasteiger charge is -2.16. The number of hydrogen-bond acceptors (Lipinski definition) is 2. The smallest absolute Gasteiger partial charge is 0.0505 e. The zero-order valence-corrected chi connectivity index (χ0v) is 11.5. The van der Waals surface area contributed by atoms with E-state index in [2.05, 4.69) is 18.3 Å². The topological polar surface area (TPSA) is 21.3 Å². The van der Waals surface area contributed by atoms with E-state index in [0.717, 1.165) is 37.6 Å². The van der Waals surface area contributed by atoms with Gasteiger partial charge in [0.1, 0.15) is 0 Å². The Bertz CT molecular complexity index is 317. The van der Waals surface area contributed by atoms with Crippen LogP contribution in [-0.4, -0.2) is 26.8 Å². The van der Waals surface area contributed by atoms with E-state index in [1.165, 1.54) is 5.56 Å². The summed E-state index contributed by atoms with van der Waals surface area (Å²) < 4.78 is 5.26. The minimum absolute atomic E-state index is 0.505. The van der Waals surface area contributed by atoms with E-state index in [0.29, 0.717) is 5.92 Å². The first-order chi connectivity index (χ1) is 8.26. The Kier molecular flexibility index (Phi) is 7.25. The van der Waals surface area contributed by atoms with E-state index >= 15 is 0 Å². The third kappa shape index (κ3) is 6.06. The minimum atomic E-state index is 0.505. The molecule has 0 saturated carbocycles. The van der Waals surface area contributed by atoms with Crippen molar-refractivity contribution >= 4 is 11.6 Å². The summed E-state index contributed by atoms with van der Waals surface area (Å²) >= 11 is 5.99. The van der Waals surface area contributed by atoms with Crippen LogP contribution in [0.15, 0.2) is 24.3 Å². The summed E-state index contributed by atoms with van der Waals surface area (Å²) in [4.78, 5) is 0. The SMILES string of the molecule is CCCNCC(COC)Cc1cccc(Cl)c1. The lowest BCUT2D eigenvalue weighted by atomic mass is 10.00. The summed E-state index contributed by atoms with van der Waals surface area (Å²) in [7, 11) is 1.75. The predicted octanol–water partition coefficient (Wildman–Crippen LogP) is 3.14. The van der Waals surface area contributed by atoms with Gasteiger partial charge in [0, 0.05) is 18.7 Å². The third-order valence-corrected chi connectivity index (χ3v) is 2.91. The summed E-state index contributed by atoms with van der Waals surface area (Å²) in [6.45, 7) is 5.02. The lowest BCUT2D eigenvalue weighted by Crippen LogP contribution is -2.27. The van der Waals surface area contributed by atoms with E-state index < -0.39 is 0 Å². The Morgan fingerprint density at radius 1 is 1.41 bits per heavy atom. The van der Waals surface area contributed by atoms with Crippen LogP contribution in [0.25, 0.3) is 0 Å². The fourth-order valence-electron chi connectivity index (χ4n) is 1.91. The van der Waals surface area contributed by atoms with Crippen LogP contribution < -0.4 is 5.32 Å². The molecule has 17 heavy (non-hydrogen) atoms. The molecule has 0 aliphatic rings. The second kappa shape index (κ2) is 8.51. The van der Waals surface area contributed by atoms with E-state index in [1.54, 1.807) is 7.11 Å². The average Bonchev–Trinajstić information content (AvgIpc) is 2.29. The van der Waals surface area contributed by atoms with Gasteiger partial charge in [0.25, 0.3) is 0 Å². The molecule has 0 radical (unpaired) electrons. The van der Waals surface area contributed by atoms with Gasteiger partial charge in [0.05, 0.1) is 6.61 Å². The molecule has 0 aromatic heterocycles. The van der Waals surface area contributed by atoms with Crippen LogP contribution in [0, 0.1) is 5.92 Å². The maximum absolute atomic E-state index is 5.99. The van der Waals surface area contributed by atoms with Crippen molar-refractivity contribution in [1.29, 1.82) is 0 Å². The molecule has 0 aliphatic carbocycles. The largest absolute Gasteiger partial charge is 0.384 e. The molecule has 96 valence electrons. The van der Waals surface area contributed by atoms with Crippen molar-refractivity contribution in [3.8, 4) is 0 Å². The Morgan fingerprint density at radius 2 is 2.24 bits per heavy atom. The van der Waals surface area contributed by atoms with Crippen molar-refractivity contribution in [2.75, 3.05) is 26.8 Å². The van der Waals surface area contributed by atoms with Crippen molar-refractivity contribution < 1.29 is 4.74 Å². The van der Waals surface area contributed by atoms with Gasteiger partial charge >= 0.3 is 0 Å². The number of hydrogen-bond donors (Lipinski definition) is 1. The highest BCUT2D eigenvalue weighted by atomic mass is 35.5. The molecule has 1 atom stereocenters. The Hall–Kier alpha value is -0.570. The maximum Gasteiger partial charge on any atom is 0.0505 e. The number of nitrogens with one attached hydrogen (secondary N) is 1. The number of ether oxygens (including phenoxy) is 1. The van der Waals surface area contributed by atoms with Crippen LogP contribution >= 0.6 is 11.6 Å². The minimum Gasteiger partial charge on any atom is -0.384 e. The van der Waals surface area contributed by atoms with E-state index in [9.17, 15) is 0 Å². The van der Waals surface area contributed by atoms with E-state index in [-0.39, 0.29) is 0 Å². The molecule has 0 amide bonds. The lowest BCUT2D eigenvalue weighted by molar-refractivity contribution is 0.151. The highest BCUT2D eigenvalue weighted by molar-refractivity contribution is 6.30. The molecule has 1 aromatic carbocycles. The second-order valence-corrected chi connectivity index (χ2v) is 4.80. The highest BCUT2D eigenvalue weighted by Crippen LogP contribution is 2.14. The first kappa shape index (κ1) is 14.5. The number of benzene rings is 1. The molecule has 0 aliphatic heterocycles. The van der Waals surface area contributed by atoms with Gasteiger partial charge in [-0.2, -0.15) is 0 Å². The van der Waals surface area contributed by atoms with Gasteiger partial charge < -0.3 is 10.1 Å². The average molecular weight is 256 g/mol. The normalized spacial score (nSPS) is 12.6. The molecule has 0 spiro atoms. The Morgan fingerprint density at radius 3 is 2.88 bits per heavy atom. The predicted molar refractivity (Wildman–Crippen MR) is 73.7 cm³/mol. The van der Waals surface area contributed by atoms with Crippen LogP contribution in [0.3, 0.4) is 0 Å². The second-order valence-electron chi connectivity index (χ2n) is 4.36. The summed E-state index contributed by atoms with van der Waals surface area (Å²) in [6, 6.07) is 8.06. The van der Waals surface area contributed by atoms with Gasteiger partial charge in [-0.25, -0.2) is 0 Å². The van der Waals surface area contributed by atoms with Gasteiger partial charge in [-0.1, -0.05) is 30.7 Å². The molecule has 1 N–H and O–H groups in total. The maximum atomic E-state index is 5.99. The zero-order valence-electron chi connectivity index (χ0n) is 10.7. The molecule has 1 unspecified atom stereocenters. The Labute approximate surface area is 109 Å². The van der Waals surface area contributed by atoms with E-state index in [1.807, 2.05) is 18.2 Å².